The maximum Gasteiger partial charge on any atom is 0.343 e. The van der Waals surface area contributed by atoms with E-state index in [0.29, 0.717) is 41.4 Å². The standard InChI is InChI=1S/C29H40N2O5/c1-4-6-7-8-9-10-11-12-13-14-28(32)31-30-22-23-15-20-26(27(21-23)34-3)36-29(33)24-16-18-25(19-17-24)35-5-2/h15-22H,4-14H2,1-3H3,(H,31,32)/b30-22-. The summed E-state index contributed by atoms with van der Waals surface area (Å²) in [6.45, 7) is 4.68. The first-order valence-electron chi connectivity index (χ1n) is 13.0. The van der Waals surface area contributed by atoms with Gasteiger partial charge in [0.2, 0.25) is 5.91 Å². The summed E-state index contributed by atoms with van der Waals surface area (Å²) in [4.78, 5) is 24.5. The summed E-state index contributed by atoms with van der Waals surface area (Å²) < 4.78 is 16.3. The third kappa shape index (κ3) is 10.9. The number of hydrogen-bond donors (Lipinski definition) is 1. The number of rotatable bonds is 17. The summed E-state index contributed by atoms with van der Waals surface area (Å²) in [6.07, 6.45) is 12.9. The van der Waals surface area contributed by atoms with Crippen molar-refractivity contribution < 1.29 is 23.8 Å². The van der Waals surface area contributed by atoms with Crippen LogP contribution in [0.3, 0.4) is 0 Å². The monoisotopic (exact) mass is 496 g/mol. The number of carbonyl (C=O) groups excluding carboxylic acids is 2. The lowest BCUT2D eigenvalue weighted by Crippen LogP contribution is -2.16. The van der Waals surface area contributed by atoms with Crippen LogP contribution >= 0.6 is 0 Å². The molecule has 0 saturated heterocycles. The summed E-state index contributed by atoms with van der Waals surface area (Å²) in [6, 6.07) is 11.8. The van der Waals surface area contributed by atoms with Crippen LogP contribution in [0.15, 0.2) is 47.6 Å². The number of unbranched alkanes of at least 4 members (excludes halogenated alkanes) is 8. The molecule has 0 saturated carbocycles. The van der Waals surface area contributed by atoms with Crippen molar-refractivity contribution in [2.24, 2.45) is 5.10 Å². The Morgan fingerprint density at radius 1 is 0.861 bits per heavy atom. The predicted octanol–water partition coefficient (Wildman–Crippen LogP) is 6.68. The van der Waals surface area contributed by atoms with Gasteiger partial charge in [-0.3, -0.25) is 4.79 Å². The molecule has 2 rings (SSSR count). The highest BCUT2D eigenvalue weighted by Gasteiger charge is 2.13. The molecule has 36 heavy (non-hydrogen) atoms. The molecule has 0 atom stereocenters. The van der Waals surface area contributed by atoms with E-state index < -0.39 is 5.97 Å². The highest BCUT2D eigenvalue weighted by atomic mass is 16.6. The first-order valence-corrected chi connectivity index (χ1v) is 13.0. The second-order valence-corrected chi connectivity index (χ2v) is 8.63. The molecular formula is C29H40N2O5. The molecule has 7 heteroatoms. The third-order valence-electron chi connectivity index (χ3n) is 5.70. The zero-order valence-electron chi connectivity index (χ0n) is 21.9. The smallest absolute Gasteiger partial charge is 0.343 e. The van der Waals surface area contributed by atoms with E-state index in [1.165, 1.54) is 58.3 Å². The summed E-state index contributed by atoms with van der Waals surface area (Å²) in [5.74, 6) is 0.779. The van der Waals surface area contributed by atoms with Crippen molar-refractivity contribution in [3.8, 4) is 17.2 Å². The largest absolute Gasteiger partial charge is 0.494 e. The van der Waals surface area contributed by atoms with Gasteiger partial charge >= 0.3 is 5.97 Å². The van der Waals surface area contributed by atoms with Gasteiger partial charge in [0, 0.05) is 6.42 Å². The van der Waals surface area contributed by atoms with Crippen LogP contribution in [0.2, 0.25) is 0 Å². The lowest BCUT2D eigenvalue weighted by molar-refractivity contribution is -0.121. The van der Waals surface area contributed by atoms with Crippen LogP contribution in [0.1, 0.15) is 94.0 Å². The molecule has 0 spiro atoms. The first kappa shape index (κ1) is 28.9. The van der Waals surface area contributed by atoms with Crippen molar-refractivity contribution in [2.75, 3.05) is 13.7 Å². The van der Waals surface area contributed by atoms with Gasteiger partial charge < -0.3 is 14.2 Å². The second kappa shape index (κ2) is 17.1. The zero-order valence-corrected chi connectivity index (χ0v) is 21.9. The van der Waals surface area contributed by atoms with Gasteiger partial charge in [-0.15, -0.1) is 0 Å². The maximum absolute atomic E-state index is 12.5. The Hall–Kier alpha value is -3.35. The van der Waals surface area contributed by atoms with E-state index in [2.05, 4.69) is 17.5 Å². The van der Waals surface area contributed by atoms with E-state index in [-0.39, 0.29) is 5.91 Å². The fourth-order valence-corrected chi connectivity index (χ4v) is 3.69. The quantitative estimate of drug-likeness (QED) is 0.0867. The highest BCUT2D eigenvalue weighted by Crippen LogP contribution is 2.28. The predicted molar refractivity (Wildman–Crippen MR) is 143 cm³/mol. The van der Waals surface area contributed by atoms with Crippen LogP contribution in [0.25, 0.3) is 0 Å². The number of nitrogens with zero attached hydrogens (tertiary/aromatic N) is 1. The maximum atomic E-state index is 12.5. The highest BCUT2D eigenvalue weighted by molar-refractivity contribution is 5.91. The number of methoxy groups -OCH3 is 1. The average molecular weight is 497 g/mol. The van der Waals surface area contributed by atoms with Crippen LogP contribution in [0.4, 0.5) is 0 Å². The van der Waals surface area contributed by atoms with Crippen molar-refractivity contribution in [3.63, 3.8) is 0 Å². The minimum Gasteiger partial charge on any atom is -0.494 e. The Labute approximate surface area is 215 Å². The van der Waals surface area contributed by atoms with Crippen LogP contribution in [0, 0.1) is 0 Å². The molecule has 0 heterocycles. The summed E-state index contributed by atoms with van der Waals surface area (Å²) in [5.41, 5.74) is 3.68. The first-order chi connectivity index (χ1) is 17.6. The normalized spacial score (nSPS) is 10.9. The third-order valence-corrected chi connectivity index (χ3v) is 5.70. The number of hydrazone groups is 1. The minimum atomic E-state index is -0.499. The molecule has 0 aliphatic carbocycles. The van der Waals surface area contributed by atoms with Crippen molar-refractivity contribution >= 4 is 18.1 Å². The summed E-state index contributed by atoms with van der Waals surface area (Å²) in [5, 5.41) is 4.04. The molecule has 0 radical (unpaired) electrons. The van der Waals surface area contributed by atoms with Crippen LogP contribution in [-0.4, -0.2) is 31.8 Å². The van der Waals surface area contributed by atoms with Crippen LogP contribution in [0.5, 0.6) is 17.2 Å². The number of hydrogen-bond acceptors (Lipinski definition) is 6. The molecule has 2 aromatic rings. The van der Waals surface area contributed by atoms with Gasteiger partial charge in [0.1, 0.15) is 5.75 Å². The molecule has 0 unspecified atom stereocenters. The molecule has 7 nitrogen and oxygen atoms in total. The van der Waals surface area contributed by atoms with Crippen molar-refractivity contribution in [1.82, 2.24) is 5.43 Å². The Kier molecular flexibility index (Phi) is 13.8. The van der Waals surface area contributed by atoms with Crippen molar-refractivity contribution in [3.05, 3.63) is 53.6 Å². The van der Waals surface area contributed by atoms with E-state index in [0.717, 1.165) is 12.8 Å². The molecule has 1 N–H and O–H groups in total. The SMILES string of the molecule is CCCCCCCCCCCC(=O)N/N=C\c1ccc(OC(=O)c2ccc(OCC)cc2)c(OC)c1. The van der Waals surface area contributed by atoms with Crippen LogP contribution < -0.4 is 19.6 Å². The molecule has 196 valence electrons. The lowest BCUT2D eigenvalue weighted by atomic mass is 10.1. The fourth-order valence-electron chi connectivity index (χ4n) is 3.69. The number of nitrogens with one attached hydrogen (secondary N) is 1. The number of amides is 1. The zero-order chi connectivity index (χ0) is 26.0. The molecule has 0 aromatic heterocycles. The van der Waals surface area contributed by atoms with E-state index in [9.17, 15) is 9.59 Å². The van der Waals surface area contributed by atoms with Gasteiger partial charge in [-0.05, 0) is 61.4 Å². The Balaban J connectivity index is 1.75. The van der Waals surface area contributed by atoms with Crippen molar-refractivity contribution in [1.29, 1.82) is 0 Å². The minimum absolute atomic E-state index is 0.0953. The van der Waals surface area contributed by atoms with Gasteiger partial charge in [0.05, 0.1) is 25.5 Å². The summed E-state index contributed by atoms with van der Waals surface area (Å²) in [7, 11) is 1.50. The molecule has 0 bridgehead atoms. The van der Waals surface area contributed by atoms with Gasteiger partial charge in [0.25, 0.3) is 0 Å². The van der Waals surface area contributed by atoms with E-state index >= 15 is 0 Å². The van der Waals surface area contributed by atoms with E-state index in [1.807, 2.05) is 6.92 Å². The van der Waals surface area contributed by atoms with Gasteiger partial charge in [-0.1, -0.05) is 58.3 Å². The fraction of sp³-hybridized carbons (Fsp3) is 0.483. The van der Waals surface area contributed by atoms with Gasteiger partial charge in [-0.2, -0.15) is 5.10 Å². The van der Waals surface area contributed by atoms with Crippen LogP contribution in [-0.2, 0) is 4.79 Å². The Morgan fingerprint density at radius 2 is 1.53 bits per heavy atom. The topological polar surface area (TPSA) is 86.2 Å². The number of ether oxygens (including phenoxy) is 3. The lowest BCUT2D eigenvalue weighted by Gasteiger charge is -2.10. The second-order valence-electron chi connectivity index (χ2n) is 8.63. The molecule has 0 aliphatic rings. The molecule has 0 aliphatic heterocycles. The number of benzene rings is 2. The van der Waals surface area contributed by atoms with Gasteiger partial charge in [-0.25, -0.2) is 10.2 Å². The van der Waals surface area contributed by atoms with E-state index in [1.54, 1.807) is 42.5 Å². The molecule has 0 fully saturated rings. The number of carbonyl (C=O) groups is 2. The summed E-state index contributed by atoms with van der Waals surface area (Å²) >= 11 is 0. The Bertz CT molecular complexity index is 957. The molecule has 2 aromatic carbocycles. The van der Waals surface area contributed by atoms with Gasteiger partial charge in [0.15, 0.2) is 11.5 Å². The number of esters is 1. The molecular weight excluding hydrogens is 456 g/mol. The Morgan fingerprint density at radius 3 is 2.17 bits per heavy atom. The van der Waals surface area contributed by atoms with E-state index in [4.69, 9.17) is 14.2 Å². The average Bonchev–Trinajstić information content (AvgIpc) is 2.89. The molecule has 1 amide bonds. The van der Waals surface area contributed by atoms with Crippen molar-refractivity contribution in [2.45, 2.75) is 78.1 Å².